The van der Waals surface area contributed by atoms with Crippen LogP contribution in [0.3, 0.4) is 0 Å². The van der Waals surface area contributed by atoms with E-state index in [0.717, 1.165) is 29.3 Å². The third-order valence-electron chi connectivity index (χ3n) is 3.14. The van der Waals surface area contributed by atoms with Gasteiger partial charge >= 0.3 is 0 Å². The van der Waals surface area contributed by atoms with E-state index in [1.807, 2.05) is 25.1 Å². The summed E-state index contributed by atoms with van der Waals surface area (Å²) in [6, 6.07) is 5.91. The van der Waals surface area contributed by atoms with Crippen molar-refractivity contribution in [1.29, 1.82) is 0 Å². The Morgan fingerprint density at radius 1 is 1.37 bits per heavy atom. The number of rotatable bonds is 5. The Kier molecular flexibility index (Phi) is 4.16. The third-order valence-corrected chi connectivity index (χ3v) is 3.14. The molecule has 1 unspecified atom stereocenters. The fourth-order valence-electron chi connectivity index (χ4n) is 2.17. The van der Waals surface area contributed by atoms with Crippen LogP contribution in [0.4, 0.5) is 11.8 Å². The summed E-state index contributed by atoms with van der Waals surface area (Å²) in [5.41, 5.74) is 7.67. The van der Waals surface area contributed by atoms with E-state index in [9.17, 15) is 5.11 Å². The van der Waals surface area contributed by atoms with Gasteiger partial charge in [-0.1, -0.05) is 25.5 Å². The lowest BCUT2D eigenvalue weighted by molar-refractivity contribution is 0.268. The molecule has 1 aromatic heterocycles. The second kappa shape index (κ2) is 5.84. The van der Waals surface area contributed by atoms with Crippen molar-refractivity contribution in [3.63, 3.8) is 0 Å². The van der Waals surface area contributed by atoms with Crippen LogP contribution in [-0.2, 0) is 0 Å². The molecule has 2 rings (SSSR count). The number of fused-ring (bicyclic) bond motifs is 1. The van der Waals surface area contributed by atoms with Crippen molar-refractivity contribution in [3.05, 3.63) is 23.8 Å². The summed E-state index contributed by atoms with van der Waals surface area (Å²) in [6.45, 7) is 4.15. The Hall–Kier alpha value is -1.88. The maximum Gasteiger partial charge on any atom is 0.222 e. The molecule has 0 aliphatic carbocycles. The fourth-order valence-corrected chi connectivity index (χ4v) is 2.17. The summed E-state index contributed by atoms with van der Waals surface area (Å²) >= 11 is 0. The normalized spacial score (nSPS) is 12.6. The van der Waals surface area contributed by atoms with E-state index in [4.69, 9.17) is 5.73 Å². The van der Waals surface area contributed by atoms with Gasteiger partial charge in [-0.2, -0.15) is 4.98 Å². The lowest BCUT2D eigenvalue weighted by atomic mass is 10.1. The van der Waals surface area contributed by atoms with Gasteiger partial charge in [-0.25, -0.2) is 4.98 Å². The second-order valence-electron chi connectivity index (χ2n) is 4.71. The smallest absolute Gasteiger partial charge is 0.222 e. The highest BCUT2D eigenvalue weighted by molar-refractivity contribution is 5.92. The first-order chi connectivity index (χ1) is 9.15. The molecule has 0 bridgehead atoms. The van der Waals surface area contributed by atoms with Gasteiger partial charge in [0, 0.05) is 5.39 Å². The largest absolute Gasteiger partial charge is 0.394 e. The number of nitrogens with one attached hydrogen (secondary N) is 1. The van der Waals surface area contributed by atoms with Crippen LogP contribution in [0.5, 0.6) is 0 Å². The van der Waals surface area contributed by atoms with Crippen molar-refractivity contribution in [2.24, 2.45) is 0 Å². The van der Waals surface area contributed by atoms with Crippen LogP contribution in [-0.4, -0.2) is 27.7 Å². The summed E-state index contributed by atoms with van der Waals surface area (Å²) in [5, 5.41) is 13.6. The molecule has 0 fully saturated rings. The van der Waals surface area contributed by atoms with Gasteiger partial charge in [0.1, 0.15) is 5.82 Å². The molecule has 4 N–H and O–H groups in total. The van der Waals surface area contributed by atoms with Crippen LogP contribution in [0.25, 0.3) is 10.9 Å². The Bertz CT molecular complexity index is 571. The predicted molar refractivity (Wildman–Crippen MR) is 78.1 cm³/mol. The third kappa shape index (κ3) is 2.93. The highest BCUT2D eigenvalue weighted by Gasteiger charge is 2.12. The number of para-hydroxylation sites is 1. The number of aliphatic hydroxyl groups excluding tert-OH is 1. The molecule has 0 aliphatic heterocycles. The van der Waals surface area contributed by atoms with Gasteiger partial charge in [-0.3, -0.25) is 0 Å². The molecule has 0 saturated heterocycles. The zero-order valence-corrected chi connectivity index (χ0v) is 11.3. The van der Waals surface area contributed by atoms with E-state index in [-0.39, 0.29) is 18.6 Å². The van der Waals surface area contributed by atoms with Gasteiger partial charge < -0.3 is 16.2 Å². The minimum absolute atomic E-state index is 0.0111. The molecule has 0 amide bonds. The summed E-state index contributed by atoms with van der Waals surface area (Å²) in [7, 11) is 0. The van der Waals surface area contributed by atoms with Gasteiger partial charge in [-0.05, 0) is 25.0 Å². The van der Waals surface area contributed by atoms with E-state index in [1.54, 1.807) is 0 Å². The minimum atomic E-state index is -0.0111. The standard InChI is InChI=1S/C14H20N4O/c1-3-5-10(8-19)16-13-11-7-4-6-9(2)12(11)17-14(15)18-13/h4,6-7,10,19H,3,5,8H2,1-2H3,(H3,15,16,17,18). The Morgan fingerprint density at radius 3 is 2.84 bits per heavy atom. The number of anilines is 2. The second-order valence-corrected chi connectivity index (χ2v) is 4.71. The van der Waals surface area contributed by atoms with Crippen LogP contribution in [0, 0.1) is 6.92 Å². The molecule has 1 aromatic carbocycles. The number of benzene rings is 1. The van der Waals surface area contributed by atoms with E-state index >= 15 is 0 Å². The van der Waals surface area contributed by atoms with E-state index < -0.39 is 0 Å². The summed E-state index contributed by atoms with van der Waals surface area (Å²) in [6.07, 6.45) is 1.88. The molecule has 2 aromatic rings. The summed E-state index contributed by atoms with van der Waals surface area (Å²) in [4.78, 5) is 8.54. The molecular formula is C14H20N4O. The maximum atomic E-state index is 9.38. The average molecular weight is 260 g/mol. The molecule has 1 atom stereocenters. The number of nitrogens with two attached hydrogens (primary N) is 1. The first-order valence-electron chi connectivity index (χ1n) is 6.56. The van der Waals surface area contributed by atoms with Gasteiger partial charge in [0.05, 0.1) is 18.2 Å². The monoisotopic (exact) mass is 260 g/mol. The van der Waals surface area contributed by atoms with Crippen molar-refractivity contribution < 1.29 is 5.11 Å². The summed E-state index contributed by atoms with van der Waals surface area (Å²) < 4.78 is 0. The fraction of sp³-hybridized carbons (Fsp3) is 0.429. The molecular weight excluding hydrogens is 240 g/mol. The molecule has 0 spiro atoms. The van der Waals surface area contributed by atoms with Crippen molar-refractivity contribution in [2.45, 2.75) is 32.7 Å². The molecule has 0 saturated carbocycles. The quantitative estimate of drug-likeness (QED) is 0.766. The topological polar surface area (TPSA) is 84.1 Å². The zero-order chi connectivity index (χ0) is 13.8. The van der Waals surface area contributed by atoms with Gasteiger partial charge in [-0.15, -0.1) is 0 Å². The highest BCUT2D eigenvalue weighted by Crippen LogP contribution is 2.24. The Morgan fingerprint density at radius 2 is 2.16 bits per heavy atom. The maximum absolute atomic E-state index is 9.38. The molecule has 5 heteroatoms. The number of nitrogens with zero attached hydrogens (tertiary/aromatic N) is 2. The van der Waals surface area contributed by atoms with E-state index in [0.29, 0.717) is 5.82 Å². The minimum Gasteiger partial charge on any atom is -0.394 e. The number of hydrogen-bond acceptors (Lipinski definition) is 5. The van der Waals surface area contributed by atoms with Crippen LogP contribution < -0.4 is 11.1 Å². The Labute approximate surface area is 112 Å². The van der Waals surface area contributed by atoms with Crippen molar-refractivity contribution in [1.82, 2.24) is 9.97 Å². The number of hydrogen-bond donors (Lipinski definition) is 3. The molecule has 5 nitrogen and oxygen atoms in total. The van der Waals surface area contributed by atoms with Crippen LogP contribution in [0.2, 0.25) is 0 Å². The lowest BCUT2D eigenvalue weighted by Gasteiger charge is -2.17. The van der Waals surface area contributed by atoms with Crippen molar-refractivity contribution >= 4 is 22.7 Å². The number of nitrogen functional groups attached to an aromatic ring is 1. The summed E-state index contributed by atoms with van der Waals surface area (Å²) in [5.74, 6) is 0.941. The van der Waals surface area contributed by atoms with Gasteiger partial charge in [0.2, 0.25) is 5.95 Å². The first kappa shape index (κ1) is 13.5. The Balaban J connectivity index is 2.44. The van der Waals surface area contributed by atoms with E-state index in [1.165, 1.54) is 0 Å². The number of aromatic nitrogens is 2. The van der Waals surface area contributed by atoms with Crippen molar-refractivity contribution in [2.75, 3.05) is 17.7 Å². The van der Waals surface area contributed by atoms with Crippen LogP contribution in [0.15, 0.2) is 18.2 Å². The first-order valence-corrected chi connectivity index (χ1v) is 6.56. The zero-order valence-electron chi connectivity index (χ0n) is 11.3. The van der Waals surface area contributed by atoms with E-state index in [2.05, 4.69) is 22.2 Å². The van der Waals surface area contributed by atoms with Crippen LogP contribution in [0.1, 0.15) is 25.3 Å². The lowest BCUT2D eigenvalue weighted by Crippen LogP contribution is -2.24. The van der Waals surface area contributed by atoms with Gasteiger partial charge in [0.15, 0.2) is 0 Å². The van der Waals surface area contributed by atoms with Gasteiger partial charge in [0.25, 0.3) is 0 Å². The molecule has 0 aliphatic rings. The predicted octanol–water partition coefficient (Wildman–Crippen LogP) is 2.09. The highest BCUT2D eigenvalue weighted by atomic mass is 16.3. The SMILES string of the molecule is CCCC(CO)Nc1nc(N)nc2c(C)cccc12. The number of aliphatic hydroxyl groups is 1. The average Bonchev–Trinajstić information content (AvgIpc) is 2.39. The molecule has 0 radical (unpaired) electrons. The van der Waals surface area contributed by atoms with Crippen LogP contribution >= 0.6 is 0 Å². The van der Waals surface area contributed by atoms with Crippen molar-refractivity contribution in [3.8, 4) is 0 Å². The molecule has 19 heavy (non-hydrogen) atoms. The molecule has 1 heterocycles. The molecule has 102 valence electrons. The number of aryl methyl sites for hydroxylation is 1.